The van der Waals surface area contributed by atoms with E-state index in [0.29, 0.717) is 0 Å². The van der Waals surface area contributed by atoms with Crippen molar-refractivity contribution in [1.29, 1.82) is 0 Å². The van der Waals surface area contributed by atoms with Crippen molar-refractivity contribution in [3.8, 4) is 0 Å². The number of nitrogens with two attached hydrogens (primary N) is 1. The highest BCUT2D eigenvalue weighted by Crippen LogP contribution is 1.89. The van der Waals surface area contributed by atoms with Crippen LogP contribution in [-0.4, -0.2) is 51.9 Å². The van der Waals surface area contributed by atoms with E-state index in [1.807, 2.05) is 0 Å². The largest absolute Gasteiger partial charge is 0.394 e. The first-order valence-electron chi connectivity index (χ1n) is 3.67. The van der Waals surface area contributed by atoms with Gasteiger partial charge in [-0.05, 0) is 13.8 Å². The van der Waals surface area contributed by atoms with Gasteiger partial charge in [-0.25, -0.2) is 0 Å². The van der Waals surface area contributed by atoms with E-state index in [-0.39, 0.29) is 19.8 Å². The van der Waals surface area contributed by atoms with E-state index in [9.17, 15) is 0 Å². The van der Waals surface area contributed by atoms with Crippen molar-refractivity contribution in [3.63, 3.8) is 0 Å². The number of hydrogen-bond acceptors (Lipinski definition) is 5. The van der Waals surface area contributed by atoms with Crippen LogP contribution in [0.3, 0.4) is 0 Å². The molecule has 0 aromatic heterocycles. The molecule has 5 nitrogen and oxygen atoms in total. The molecule has 0 radical (unpaired) electrons. The lowest BCUT2D eigenvalue weighted by Crippen LogP contribution is -2.35. The highest BCUT2D eigenvalue weighted by Gasteiger charge is 2.05. The average Bonchev–Trinajstić information content (AvgIpc) is 2.03. The Hall–Kier alpha value is -0.200. The fourth-order valence-electron chi connectivity index (χ4n) is 0.0577. The summed E-state index contributed by atoms with van der Waals surface area (Å²) in [6, 6.07) is 0. The van der Waals surface area contributed by atoms with Crippen molar-refractivity contribution < 1.29 is 20.4 Å². The Morgan fingerprint density at radius 3 is 1.42 bits per heavy atom. The summed E-state index contributed by atoms with van der Waals surface area (Å²) in [7, 11) is 0. The Balaban J connectivity index is 0. The molecule has 0 amide bonds. The van der Waals surface area contributed by atoms with Crippen LogP contribution in [0.15, 0.2) is 0 Å². The molecule has 0 aliphatic rings. The van der Waals surface area contributed by atoms with Crippen molar-refractivity contribution in [2.24, 2.45) is 5.73 Å². The summed E-state index contributed by atoms with van der Waals surface area (Å²) in [5.74, 6) is 0. The normalized spacial score (nSPS) is 11.0. The predicted octanol–water partition coefficient (Wildman–Crippen LogP) is -1.95. The maximum Gasteiger partial charge on any atom is 0.100 e. The summed E-state index contributed by atoms with van der Waals surface area (Å²) in [4.78, 5) is 0. The number of hydrogen-bond donors (Lipinski definition) is 5. The highest BCUT2D eigenvalue weighted by atomic mass is 16.3. The van der Waals surface area contributed by atoms with E-state index < -0.39 is 11.6 Å². The van der Waals surface area contributed by atoms with Gasteiger partial charge in [0, 0.05) is 5.54 Å². The Labute approximate surface area is 72.5 Å². The molecule has 12 heavy (non-hydrogen) atoms. The molecule has 0 aliphatic heterocycles. The maximum atomic E-state index is 8.28. The van der Waals surface area contributed by atoms with Crippen molar-refractivity contribution in [2.75, 3.05) is 19.8 Å². The monoisotopic (exact) mass is 181 g/mol. The van der Waals surface area contributed by atoms with Crippen LogP contribution in [0.1, 0.15) is 13.8 Å². The topological polar surface area (TPSA) is 107 Å². The molecular formula is C7H19NO4. The van der Waals surface area contributed by atoms with Gasteiger partial charge in [0.1, 0.15) is 6.10 Å². The number of aliphatic hydroxyl groups excluding tert-OH is 4. The molecule has 0 saturated heterocycles. The third-order valence-corrected chi connectivity index (χ3v) is 0.829. The summed E-state index contributed by atoms with van der Waals surface area (Å²) in [5, 5.41) is 32.3. The zero-order chi connectivity index (χ0) is 10.2. The van der Waals surface area contributed by atoms with Gasteiger partial charge in [0.2, 0.25) is 0 Å². The fraction of sp³-hybridized carbons (Fsp3) is 1.00. The molecule has 0 spiro atoms. The second-order valence-corrected chi connectivity index (χ2v) is 3.17. The quantitative estimate of drug-likeness (QED) is 0.348. The summed E-state index contributed by atoms with van der Waals surface area (Å²) >= 11 is 0. The van der Waals surface area contributed by atoms with Crippen LogP contribution in [-0.2, 0) is 0 Å². The van der Waals surface area contributed by atoms with Crippen molar-refractivity contribution in [2.45, 2.75) is 25.5 Å². The predicted molar refractivity (Wildman–Crippen MR) is 45.5 cm³/mol. The van der Waals surface area contributed by atoms with E-state index in [0.717, 1.165) is 0 Å². The minimum absolute atomic E-state index is 0.0486. The molecule has 5 heteroatoms. The highest BCUT2D eigenvalue weighted by molar-refractivity contribution is 4.67. The van der Waals surface area contributed by atoms with Gasteiger partial charge in [-0.3, -0.25) is 0 Å². The van der Waals surface area contributed by atoms with Crippen LogP contribution in [0.5, 0.6) is 0 Å². The second kappa shape index (κ2) is 7.45. The zero-order valence-electron chi connectivity index (χ0n) is 7.56. The lowest BCUT2D eigenvalue weighted by molar-refractivity contribution is 0.0450. The van der Waals surface area contributed by atoms with Gasteiger partial charge in [-0.1, -0.05) is 0 Å². The van der Waals surface area contributed by atoms with E-state index in [1.54, 1.807) is 13.8 Å². The standard InChI is InChI=1S/C4H11NO.C3H8O3/c1-4(2,5)3-6;4-1-3(6)2-5/h6H,3,5H2,1-2H3;3-6H,1-2H2. The smallest absolute Gasteiger partial charge is 0.100 e. The lowest BCUT2D eigenvalue weighted by atomic mass is 10.1. The van der Waals surface area contributed by atoms with Gasteiger partial charge in [-0.15, -0.1) is 0 Å². The first-order valence-corrected chi connectivity index (χ1v) is 3.67. The van der Waals surface area contributed by atoms with Gasteiger partial charge in [0.05, 0.1) is 19.8 Å². The summed E-state index contributed by atoms with van der Waals surface area (Å²) in [6.45, 7) is 2.86. The van der Waals surface area contributed by atoms with Crippen LogP contribution in [0.2, 0.25) is 0 Å². The van der Waals surface area contributed by atoms with E-state index in [1.165, 1.54) is 0 Å². The average molecular weight is 181 g/mol. The van der Waals surface area contributed by atoms with Crippen LogP contribution in [0.4, 0.5) is 0 Å². The first kappa shape index (κ1) is 14.3. The van der Waals surface area contributed by atoms with Crippen molar-refractivity contribution >= 4 is 0 Å². The molecule has 0 atom stereocenters. The Morgan fingerprint density at radius 2 is 1.42 bits per heavy atom. The molecule has 0 bridgehead atoms. The SMILES string of the molecule is CC(C)(N)CO.OCC(O)CO. The molecule has 0 aromatic rings. The van der Waals surface area contributed by atoms with Crippen LogP contribution in [0, 0.1) is 0 Å². The second-order valence-electron chi connectivity index (χ2n) is 3.17. The fourth-order valence-corrected chi connectivity index (χ4v) is 0.0577. The van der Waals surface area contributed by atoms with Crippen LogP contribution in [0.25, 0.3) is 0 Å². The van der Waals surface area contributed by atoms with Crippen molar-refractivity contribution in [3.05, 3.63) is 0 Å². The molecule has 6 N–H and O–H groups in total. The third kappa shape index (κ3) is 16.4. The van der Waals surface area contributed by atoms with E-state index in [4.69, 9.17) is 26.2 Å². The molecule has 0 heterocycles. The molecule has 0 unspecified atom stereocenters. The third-order valence-electron chi connectivity index (χ3n) is 0.829. The number of rotatable bonds is 3. The summed E-state index contributed by atoms with van der Waals surface area (Å²) < 4.78 is 0. The Bertz CT molecular complexity index is 87.9. The molecule has 0 aliphatic carbocycles. The van der Waals surface area contributed by atoms with Gasteiger partial charge in [0.15, 0.2) is 0 Å². The van der Waals surface area contributed by atoms with Gasteiger partial charge in [-0.2, -0.15) is 0 Å². The van der Waals surface area contributed by atoms with E-state index >= 15 is 0 Å². The zero-order valence-corrected chi connectivity index (χ0v) is 7.56. The van der Waals surface area contributed by atoms with Crippen LogP contribution < -0.4 is 5.73 Å². The van der Waals surface area contributed by atoms with Gasteiger partial charge >= 0.3 is 0 Å². The molecule has 0 aromatic carbocycles. The summed E-state index contributed by atoms with van der Waals surface area (Å²) in [5.41, 5.74) is 4.88. The Kier molecular flexibility index (Phi) is 8.90. The maximum absolute atomic E-state index is 8.28. The van der Waals surface area contributed by atoms with E-state index in [2.05, 4.69) is 0 Å². The molecule has 0 saturated carbocycles. The summed E-state index contributed by atoms with van der Waals surface area (Å²) in [6.07, 6.45) is -0.954. The lowest BCUT2D eigenvalue weighted by Gasteiger charge is -2.12. The molecular weight excluding hydrogens is 162 g/mol. The van der Waals surface area contributed by atoms with Gasteiger partial charge < -0.3 is 26.2 Å². The minimum atomic E-state index is -0.954. The molecule has 76 valence electrons. The van der Waals surface area contributed by atoms with Crippen LogP contribution >= 0.6 is 0 Å². The van der Waals surface area contributed by atoms with Crippen molar-refractivity contribution in [1.82, 2.24) is 0 Å². The Morgan fingerprint density at radius 1 is 1.17 bits per heavy atom. The number of aliphatic hydroxyl groups is 4. The minimum Gasteiger partial charge on any atom is -0.394 e. The molecule has 0 fully saturated rings. The van der Waals surface area contributed by atoms with Gasteiger partial charge in [0.25, 0.3) is 0 Å². The molecule has 0 rings (SSSR count). The first-order chi connectivity index (χ1) is 5.37.